The Morgan fingerprint density at radius 1 is 1.47 bits per heavy atom. The SMILES string of the molecule is CC(C)(CCO)NC(=O)N1CCOCC1. The van der Waals surface area contributed by atoms with Gasteiger partial charge in [0.2, 0.25) is 0 Å². The smallest absolute Gasteiger partial charge is 0.317 e. The second-order valence-electron chi connectivity index (χ2n) is 4.39. The number of carbonyl (C=O) groups is 1. The van der Waals surface area contributed by atoms with Crippen LogP contribution in [0.5, 0.6) is 0 Å². The highest BCUT2D eigenvalue weighted by molar-refractivity contribution is 5.75. The monoisotopic (exact) mass is 216 g/mol. The topological polar surface area (TPSA) is 61.8 Å². The molecular formula is C10H20N2O3. The summed E-state index contributed by atoms with van der Waals surface area (Å²) in [5, 5.41) is 11.7. The number of urea groups is 1. The van der Waals surface area contributed by atoms with Crippen molar-refractivity contribution in [3.05, 3.63) is 0 Å². The molecule has 0 atom stereocenters. The van der Waals surface area contributed by atoms with E-state index in [2.05, 4.69) is 5.32 Å². The van der Waals surface area contributed by atoms with Gasteiger partial charge in [-0.25, -0.2) is 4.79 Å². The molecule has 0 bridgehead atoms. The Labute approximate surface area is 90.4 Å². The molecule has 0 aliphatic carbocycles. The number of morpholine rings is 1. The first-order valence-electron chi connectivity index (χ1n) is 5.31. The molecule has 0 saturated carbocycles. The summed E-state index contributed by atoms with van der Waals surface area (Å²) >= 11 is 0. The Morgan fingerprint density at radius 3 is 2.60 bits per heavy atom. The van der Waals surface area contributed by atoms with E-state index in [0.29, 0.717) is 32.7 Å². The molecule has 0 unspecified atom stereocenters. The lowest BCUT2D eigenvalue weighted by atomic mass is 10.0. The highest BCUT2D eigenvalue weighted by Gasteiger charge is 2.24. The summed E-state index contributed by atoms with van der Waals surface area (Å²) in [6, 6.07) is -0.0725. The predicted molar refractivity (Wildman–Crippen MR) is 56.7 cm³/mol. The van der Waals surface area contributed by atoms with E-state index in [9.17, 15) is 4.79 Å². The first-order chi connectivity index (χ1) is 7.05. The van der Waals surface area contributed by atoms with E-state index in [1.54, 1.807) is 4.90 Å². The number of rotatable bonds is 3. The molecule has 0 radical (unpaired) electrons. The lowest BCUT2D eigenvalue weighted by Crippen LogP contribution is -2.53. The fourth-order valence-electron chi connectivity index (χ4n) is 1.48. The normalized spacial score (nSPS) is 17.7. The van der Waals surface area contributed by atoms with Crippen LogP contribution in [0.3, 0.4) is 0 Å². The number of hydrogen-bond acceptors (Lipinski definition) is 3. The van der Waals surface area contributed by atoms with E-state index in [-0.39, 0.29) is 18.2 Å². The maximum atomic E-state index is 11.8. The van der Waals surface area contributed by atoms with Crippen LogP contribution in [0.1, 0.15) is 20.3 Å². The first-order valence-corrected chi connectivity index (χ1v) is 5.31. The standard InChI is InChI=1S/C10H20N2O3/c1-10(2,3-6-13)11-9(14)12-4-7-15-8-5-12/h13H,3-8H2,1-2H3,(H,11,14). The van der Waals surface area contributed by atoms with Crippen LogP contribution in [0.25, 0.3) is 0 Å². The summed E-state index contributed by atoms with van der Waals surface area (Å²) in [5.41, 5.74) is -0.357. The van der Waals surface area contributed by atoms with Crippen molar-refractivity contribution in [2.75, 3.05) is 32.9 Å². The van der Waals surface area contributed by atoms with Crippen LogP contribution in [0.4, 0.5) is 4.79 Å². The third-order valence-corrected chi connectivity index (χ3v) is 2.48. The van der Waals surface area contributed by atoms with Crippen LogP contribution in [-0.4, -0.2) is 54.5 Å². The summed E-state index contributed by atoms with van der Waals surface area (Å²) in [6.45, 7) is 6.38. The van der Waals surface area contributed by atoms with Crippen LogP contribution >= 0.6 is 0 Å². The highest BCUT2D eigenvalue weighted by atomic mass is 16.5. The average molecular weight is 216 g/mol. The first kappa shape index (κ1) is 12.3. The Balaban J connectivity index is 2.39. The minimum atomic E-state index is -0.357. The molecule has 1 aliphatic rings. The lowest BCUT2D eigenvalue weighted by molar-refractivity contribution is 0.0509. The number of carbonyl (C=O) groups excluding carboxylic acids is 1. The summed E-state index contributed by atoms with van der Waals surface area (Å²) in [6.07, 6.45) is 0.559. The minimum absolute atomic E-state index is 0.0725. The maximum absolute atomic E-state index is 11.8. The highest BCUT2D eigenvalue weighted by Crippen LogP contribution is 2.08. The molecule has 0 spiro atoms. The van der Waals surface area contributed by atoms with Crippen LogP contribution in [0.15, 0.2) is 0 Å². The molecule has 1 saturated heterocycles. The van der Waals surface area contributed by atoms with Gasteiger partial charge in [-0.2, -0.15) is 0 Å². The van der Waals surface area contributed by atoms with Gasteiger partial charge in [0.15, 0.2) is 0 Å². The van der Waals surface area contributed by atoms with Crippen molar-refractivity contribution in [1.82, 2.24) is 10.2 Å². The zero-order chi connectivity index (χ0) is 11.3. The van der Waals surface area contributed by atoms with Gasteiger partial charge in [0, 0.05) is 25.2 Å². The lowest BCUT2D eigenvalue weighted by Gasteiger charge is -2.32. The van der Waals surface area contributed by atoms with Crippen molar-refractivity contribution in [3.63, 3.8) is 0 Å². The number of nitrogens with zero attached hydrogens (tertiary/aromatic N) is 1. The fraction of sp³-hybridized carbons (Fsp3) is 0.900. The van der Waals surface area contributed by atoms with Gasteiger partial charge in [-0.05, 0) is 20.3 Å². The molecule has 2 N–H and O–H groups in total. The molecule has 1 heterocycles. The minimum Gasteiger partial charge on any atom is -0.396 e. The van der Waals surface area contributed by atoms with Gasteiger partial charge in [-0.1, -0.05) is 0 Å². The van der Waals surface area contributed by atoms with Crippen LogP contribution in [-0.2, 0) is 4.74 Å². The number of amides is 2. The van der Waals surface area contributed by atoms with E-state index in [4.69, 9.17) is 9.84 Å². The van der Waals surface area contributed by atoms with E-state index in [0.717, 1.165) is 0 Å². The van der Waals surface area contributed by atoms with E-state index >= 15 is 0 Å². The van der Waals surface area contributed by atoms with Crippen LogP contribution in [0.2, 0.25) is 0 Å². The summed E-state index contributed by atoms with van der Waals surface area (Å²) in [5.74, 6) is 0. The molecule has 88 valence electrons. The predicted octanol–water partition coefficient (Wildman–Crippen LogP) is 0.189. The Kier molecular flexibility index (Phi) is 4.35. The van der Waals surface area contributed by atoms with Gasteiger partial charge in [0.05, 0.1) is 13.2 Å². The van der Waals surface area contributed by atoms with Crippen molar-refractivity contribution in [2.24, 2.45) is 0 Å². The van der Waals surface area contributed by atoms with Gasteiger partial charge in [-0.15, -0.1) is 0 Å². The van der Waals surface area contributed by atoms with Gasteiger partial charge in [-0.3, -0.25) is 0 Å². The third-order valence-electron chi connectivity index (χ3n) is 2.48. The second-order valence-corrected chi connectivity index (χ2v) is 4.39. The number of aliphatic hydroxyl groups excluding tert-OH is 1. The van der Waals surface area contributed by atoms with Crippen LogP contribution in [0, 0.1) is 0 Å². The van der Waals surface area contributed by atoms with E-state index in [1.165, 1.54) is 0 Å². The Bertz CT molecular complexity index is 213. The molecule has 0 aromatic rings. The number of nitrogens with one attached hydrogen (secondary N) is 1. The Morgan fingerprint density at radius 2 is 2.07 bits per heavy atom. The average Bonchev–Trinajstić information content (AvgIpc) is 2.18. The molecule has 2 amide bonds. The maximum Gasteiger partial charge on any atom is 0.317 e. The van der Waals surface area contributed by atoms with Crippen molar-refractivity contribution < 1.29 is 14.6 Å². The quantitative estimate of drug-likeness (QED) is 0.708. The van der Waals surface area contributed by atoms with Gasteiger partial charge in [0.25, 0.3) is 0 Å². The van der Waals surface area contributed by atoms with E-state index < -0.39 is 0 Å². The molecule has 5 heteroatoms. The summed E-state index contributed by atoms with van der Waals surface area (Å²) < 4.78 is 5.17. The number of ether oxygens (including phenoxy) is 1. The molecular weight excluding hydrogens is 196 g/mol. The van der Waals surface area contributed by atoms with Crippen molar-refractivity contribution in [2.45, 2.75) is 25.8 Å². The third kappa shape index (κ3) is 4.05. The van der Waals surface area contributed by atoms with Crippen molar-refractivity contribution in [3.8, 4) is 0 Å². The summed E-state index contributed by atoms with van der Waals surface area (Å²) in [4.78, 5) is 13.5. The largest absolute Gasteiger partial charge is 0.396 e. The van der Waals surface area contributed by atoms with Gasteiger partial charge < -0.3 is 20.1 Å². The molecule has 1 aliphatic heterocycles. The molecule has 0 aromatic carbocycles. The van der Waals surface area contributed by atoms with Crippen LogP contribution < -0.4 is 5.32 Å². The molecule has 1 fully saturated rings. The van der Waals surface area contributed by atoms with Crippen molar-refractivity contribution >= 4 is 6.03 Å². The fourth-order valence-corrected chi connectivity index (χ4v) is 1.48. The molecule has 0 aromatic heterocycles. The van der Waals surface area contributed by atoms with Crippen molar-refractivity contribution in [1.29, 1.82) is 0 Å². The van der Waals surface area contributed by atoms with Gasteiger partial charge >= 0.3 is 6.03 Å². The Hall–Kier alpha value is -0.810. The molecule has 5 nitrogen and oxygen atoms in total. The molecule has 1 rings (SSSR count). The summed E-state index contributed by atoms with van der Waals surface area (Å²) in [7, 11) is 0. The number of hydrogen-bond donors (Lipinski definition) is 2. The second kappa shape index (κ2) is 5.32. The van der Waals surface area contributed by atoms with E-state index in [1.807, 2.05) is 13.8 Å². The number of aliphatic hydroxyl groups is 1. The zero-order valence-electron chi connectivity index (χ0n) is 9.45. The molecule has 15 heavy (non-hydrogen) atoms. The van der Waals surface area contributed by atoms with Gasteiger partial charge in [0.1, 0.15) is 0 Å². The zero-order valence-corrected chi connectivity index (χ0v) is 9.45.